The Kier molecular flexibility index (Phi) is 4.09. The summed E-state index contributed by atoms with van der Waals surface area (Å²) in [4.78, 5) is 0. The molecular formula is C13H16BrFN4. The molecule has 0 saturated heterocycles. The van der Waals surface area contributed by atoms with E-state index in [1.54, 1.807) is 10.7 Å². The lowest BCUT2D eigenvalue weighted by Crippen LogP contribution is -2.04. The third kappa shape index (κ3) is 3.07. The number of aryl methyl sites for hydroxylation is 2. The Labute approximate surface area is 119 Å². The van der Waals surface area contributed by atoms with Crippen molar-refractivity contribution < 1.29 is 4.39 Å². The van der Waals surface area contributed by atoms with Crippen LogP contribution in [0.2, 0.25) is 0 Å². The normalized spacial score (nSPS) is 10.7. The van der Waals surface area contributed by atoms with Gasteiger partial charge < -0.3 is 11.1 Å². The molecule has 0 bridgehead atoms. The number of hydrogen-bond acceptors (Lipinski definition) is 3. The van der Waals surface area contributed by atoms with Crippen LogP contribution in [0, 0.1) is 5.82 Å². The van der Waals surface area contributed by atoms with Gasteiger partial charge in [0.25, 0.3) is 0 Å². The lowest BCUT2D eigenvalue weighted by atomic mass is 10.2. The molecule has 1 aromatic carbocycles. The van der Waals surface area contributed by atoms with E-state index >= 15 is 0 Å². The molecule has 2 aromatic rings. The fourth-order valence-corrected chi connectivity index (χ4v) is 2.30. The smallest absolute Gasteiger partial charge is 0.139 e. The number of aromatic nitrogens is 2. The maximum Gasteiger partial charge on any atom is 0.139 e. The first-order valence-corrected chi connectivity index (χ1v) is 6.80. The van der Waals surface area contributed by atoms with Crippen LogP contribution in [0.25, 0.3) is 0 Å². The van der Waals surface area contributed by atoms with Gasteiger partial charge in [-0.2, -0.15) is 5.10 Å². The summed E-state index contributed by atoms with van der Waals surface area (Å²) in [5, 5.41) is 7.51. The zero-order valence-corrected chi connectivity index (χ0v) is 12.5. The van der Waals surface area contributed by atoms with Gasteiger partial charge in [0.15, 0.2) is 0 Å². The number of benzene rings is 1. The maximum absolute atomic E-state index is 13.5. The lowest BCUT2D eigenvalue weighted by molar-refractivity contribution is 0.622. The summed E-state index contributed by atoms with van der Waals surface area (Å²) in [6, 6.07) is 2.95. The minimum Gasteiger partial charge on any atom is -0.397 e. The molecule has 6 heteroatoms. The Balaban J connectivity index is 2.16. The first-order valence-electron chi connectivity index (χ1n) is 6.01. The van der Waals surface area contributed by atoms with Gasteiger partial charge in [-0.25, -0.2) is 4.39 Å². The highest BCUT2D eigenvalue weighted by atomic mass is 79.9. The molecule has 0 fully saturated rings. The highest BCUT2D eigenvalue weighted by Crippen LogP contribution is 2.27. The molecule has 0 aliphatic carbocycles. The molecule has 0 amide bonds. The highest BCUT2D eigenvalue weighted by Gasteiger charge is 2.09. The third-order valence-corrected chi connectivity index (χ3v) is 3.50. The van der Waals surface area contributed by atoms with Gasteiger partial charge in [-0.15, -0.1) is 0 Å². The Morgan fingerprint density at radius 2 is 2.21 bits per heavy atom. The predicted octanol–water partition coefficient (Wildman–Crippen LogP) is 3.08. The quantitative estimate of drug-likeness (QED) is 0.849. The molecule has 0 aliphatic rings. The van der Waals surface area contributed by atoms with Gasteiger partial charge in [0.2, 0.25) is 0 Å². The molecule has 0 spiro atoms. The Bertz CT molecular complexity index is 595. The molecule has 2 rings (SSSR count). The minimum atomic E-state index is -0.335. The van der Waals surface area contributed by atoms with Gasteiger partial charge in [0, 0.05) is 31.4 Å². The van der Waals surface area contributed by atoms with E-state index in [1.807, 2.05) is 13.2 Å². The standard InChI is InChI=1S/C13H16BrFN4/c1-3-12-8(7-19(2)18-12)6-17-13-5-10(15)9(14)4-11(13)16/h4-5,7,17H,3,6,16H2,1-2H3. The summed E-state index contributed by atoms with van der Waals surface area (Å²) in [6.45, 7) is 2.63. The zero-order valence-electron chi connectivity index (χ0n) is 10.9. The number of rotatable bonds is 4. The molecule has 1 aromatic heterocycles. The number of nitrogens with zero attached hydrogens (tertiary/aromatic N) is 2. The van der Waals surface area contributed by atoms with Crippen LogP contribution in [0.3, 0.4) is 0 Å². The summed E-state index contributed by atoms with van der Waals surface area (Å²) < 4.78 is 15.6. The van der Waals surface area contributed by atoms with Crippen molar-refractivity contribution >= 4 is 27.3 Å². The average molecular weight is 327 g/mol. The maximum atomic E-state index is 13.5. The van der Waals surface area contributed by atoms with E-state index < -0.39 is 0 Å². The molecule has 19 heavy (non-hydrogen) atoms. The van der Waals surface area contributed by atoms with Gasteiger partial charge in [-0.1, -0.05) is 6.92 Å². The monoisotopic (exact) mass is 326 g/mol. The molecule has 0 atom stereocenters. The van der Waals surface area contributed by atoms with Crippen molar-refractivity contribution in [3.63, 3.8) is 0 Å². The fourth-order valence-electron chi connectivity index (χ4n) is 1.93. The predicted molar refractivity (Wildman–Crippen MR) is 78.4 cm³/mol. The van der Waals surface area contributed by atoms with Crippen molar-refractivity contribution in [2.45, 2.75) is 19.9 Å². The Hall–Kier alpha value is -1.56. The van der Waals surface area contributed by atoms with E-state index in [1.165, 1.54) is 6.07 Å². The number of halogens is 2. The van der Waals surface area contributed by atoms with Crippen molar-refractivity contribution in [3.05, 3.63) is 39.9 Å². The largest absolute Gasteiger partial charge is 0.397 e. The number of anilines is 2. The number of nitrogens with one attached hydrogen (secondary N) is 1. The summed E-state index contributed by atoms with van der Waals surface area (Å²) in [5.41, 5.74) is 9.07. The zero-order chi connectivity index (χ0) is 14.0. The van der Waals surface area contributed by atoms with Crippen molar-refractivity contribution in [1.82, 2.24) is 9.78 Å². The van der Waals surface area contributed by atoms with E-state index in [2.05, 4.69) is 33.3 Å². The van der Waals surface area contributed by atoms with Crippen LogP contribution in [-0.4, -0.2) is 9.78 Å². The summed E-state index contributed by atoms with van der Waals surface area (Å²) in [6.07, 6.45) is 2.82. The summed E-state index contributed by atoms with van der Waals surface area (Å²) >= 11 is 3.11. The average Bonchev–Trinajstić information content (AvgIpc) is 2.72. The van der Waals surface area contributed by atoms with E-state index in [0.29, 0.717) is 22.4 Å². The second-order valence-corrected chi connectivity index (χ2v) is 5.19. The van der Waals surface area contributed by atoms with E-state index in [9.17, 15) is 4.39 Å². The topological polar surface area (TPSA) is 55.9 Å². The lowest BCUT2D eigenvalue weighted by Gasteiger charge is -2.10. The van der Waals surface area contributed by atoms with Gasteiger partial charge >= 0.3 is 0 Å². The van der Waals surface area contributed by atoms with E-state index in [4.69, 9.17) is 5.73 Å². The molecule has 0 saturated carbocycles. The fraction of sp³-hybridized carbons (Fsp3) is 0.308. The van der Waals surface area contributed by atoms with E-state index in [0.717, 1.165) is 17.7 Å². The van der Waals surface area contributed by atoms with Crippen LogP contribution < -0.4 is 11.1 Å². The SMILES string of the molecule is CCc1nn(C)cc1CNc1cc(F)c(Br)cc1N. The number of nitrogens with two attached hydrogens (primary N) is 1. The highest BCUT2D eigenvalue weighted by molar-refractivity contribution is 9.10. The summed E-state index contributed by atoms with van der Waals surface area (Å²) in [7, 11) is 1.89. The van der Waals surface area contributed by atoms with E-state index in [-0.39, 0.29) is 5.82 Å². The first kappa shape index (κ1) is 13.9. The van der Waals surface area contributed by atoms with Crippen LogP contribution in [0.4, 0.5) is 15.8 Å². The second-order valence-electron chi connectivity index (χ2n) is 4.34. The molecule has 4 nitrogen and oxygen atoms in total. The molecular weight excluding hydrogens is 311 g/mol. The second kappa shape index (κ2) is 5.61. The van der Waals surface area contributed by atoms with Gasteiger partial charge in [0.05, 0.1) is 21.5 Å². The van der Waals surface area contributed by atoms with Crippen LogP contribution in [0.5, 0.6) is 0 Å². The van der Waals surface area contributed by atoms with Crippen LogP contribution in [0.1, 0.15) is 18.2 Å². The van der Waals surface area contributed by atoms with Crippen molar-refractivity contribution in [2.24, 2.45) is 7.05 Å². The van der Waals surface area contributed by atoms with Gasteiger partial charge in [-0.05, 0) is 28.4 Å². The molecule has 102 valence electrons. The van der Waals surface area contributed by atoms with Crippen molar-refractivity contribution in [2.75, 3.05) is 11.1 Å². The number of nitrogen functional groups attached to an aromatic ring is 1. The van der Waals surface area contributed by atoms with Crippen molar-refractivity contribution in [1.29, 1.82) is 0 Å². The van der Waals surface area contributed by atoms with Crippen LogP contribution in [-0.2, 0) is 20.0 Å². The van der Waals surface area contributed by atoms with Crippen LogP contribution >= 0.6 is 15.9 Å². The number of hydrogen-bond donors (Lipinski definition) is 2. The summed E-state index contributed by atoms with van der Waals surface area (Å²) in [5.74, 6) is -0.335. The Morgan fingerprint density at radius 1 is 1.47 bits per heavy atom. The molecule has 0 unspecified atom stereocenters. The Morgan fingerprint density at radius 3 is 2.89 bits per heavy atom. The molecule has 1 heterocycles. The first-order chi connectivity index (χ1) is 9.01. The molecule has 3 N–H and O–H groups in total. The molecule has 0 aliphatic heterocycles. The minimum absolute atomic E-state index is 0.335. The van der Waals surface area contributed by atoms with Crippen LogP contribution in [0.15, 0.2) is 22.8 Å². The van der Waals surface area contributed by atoms with Gasteiger partial charge in [0.1, 0.15) is 5.82 Å². The van der Waals surface area contributed by atoms with Gasteiger partial charge in [-0.3, -0.25) is 4.68 Å². The molecule has 0 radical (unpaired) electrons. The van der Waals surface area contributed by atoms with Crippen molar-refractivity contribution in [3.8, 4) is 0 Å². The third-order valence-electron chi connectivity index (χ3n) is 2.89.